The van der Waals surface area contributed by atoms with Gasteiger partial charge in [-0.15, -0.1) is 11.3 Å². The zero-order valence-electron chi connectivity index (χ0n) is 9.38. The summed E-state index contributed by atoms with van der Waals surface area (Å²) in [6, 6.07) is 4.53. The number of aliphatic hydroxyl groups excluding tert-OH is 1. The first-order chi connectivity index (χ1) is 7.83. The van der Waals surface area contributed by atoms with E-state index in [2.05, 4.69) is 27.3 Å². The lowest BCUT2D eigenvalue weighted by atomic mass is 9.99. The van der Waals surface area contributed by atoms with Crippen LogP contribution >= 0.6 is 11.3 Å². The number of hydrogen-bond donors (Lipinski definition) is 1. The molecule has 2 unspecified atom stereocenters. The number of fused-ring (bicyclic) bond motifs is 3. The molecule has 1 aromatic heterocycles. The summed E-state index contributed by atoms with van der Waals surface area (Å²) in [5, 5.41) is 12.4. The van der Waals surface area contributed by atoms with E-state index in [-0.39, 0.29) is 6.10 Å². The molecule has 0 spiro atoms. The molecule has 0 radical (unpaired) electrons. The average molecular weight is 238 g/mol. The molecule has 3 nitrogen and oxygen atoms in total. The van der Waals surface area contributed by atoms with E-state index in [9.17, 15) is 5.11 Å². The molecule has 3 fully saturated rings. The first-order valence-corrected chi connectivity index (χ1v) is 6.88. The van der Waals surface area contributed by atoms with Crippen molar-refractivity contribution in [1.29, 1.82) is 0 Å². The van der Waals surface area contributed by atoms with E-state index in [0.29, 0.717) is 6.04 Å². The number of thiophene rings is 1. The van der Waals surface area contributed by atoms with Gasteiger partial charge in [-0.3, -0.25) is 9.80 Å². The van der Waals surface area contributed by atoms with Crippen molar-refractivity contribution in [3.63, 3.8) is 0 Å². The molecule has 2 bridgehead atoms. The predicted octanol–water partition coefficient (Wildman–Crippen LogP) is 0.651. The Balaban J connectivity index is 1.64. The number of aliphatic hydroxyl groups is 1. The summed E-state index contributed by atoms with van der Waals surface area (Å²) in [7, 11) is 0. The second kappa shape index (κ2) is 4.45. The molecule has 0 aliphatic carbocycles. The minimum atomic E-state index is -0.207. The monoisotopic (exact) mass is 238 g/mol. The molecule has 2 atom stereocenters. The molecule has 1 aromatic rings. The van der Waals surface area contributed by atoms with Gasteiger partial charge in [-0.25, -0.2) is 0 Å². The van der Waals surface area contributed by atoms with Crippen LogP contribution in [0.3, 0.4) is 0 Å². The van der Waals surface area contributed by atoms with Gasteiger partial charge >= 0.3 is 0 Å². The van der Waals surface area contributed by atoms with Gasteiger partial charge in [0.25, 0.3) is 0 Å². The van der Waals surface area contributed by atoms with Gasteiger partial charge < -0.3 is 5.11 Å². The van der Waals surface area contributed by atoms with E-state index in [1.165, 1.54) is 18.0 Å². The predicted molar refractivity (Wildman–Crippen MR) is 65.8 cm³/mol. The van der Waals surface area contributed by atoms with Crippen LogP contribution in [0.25, 0.3) is 0 Å². The van der Waals surface area contributed by atoms with E-state index >= 15 is 0 Å². The molecular weight excluding hydrogens is 220 g/mol. The van der Waals surface area contributed by atoms with E-state index < -0.39 is 0 Å². The third-order valence-electron chi connectivity index (χ3n) is 3.76. The van der Waals surface area contributed by atoms with Gasteiger partial charge in [-0.2, -0.15) is 0 Å². The van der Waals surface area contributed by atoms with E-state index in [0.717, 1.165) is 26.1 Å². The first kappa shape index (κ1) is 10.7. The van der Waals surface area contributed by atoms with Crippen molar-refractivity contribution in [3.8, 4) is 0 Å². The number of nitrogens with zero attached hydrogens (tertiary/aromatic N) is 2. The molecule has 0 aromatic carbocycles. The van der Waals surface area contributed by atoms with Gasteiger partial charge in [-0.1, -0.05) is 6.07 Å². The fraction of sp³-hybridized carbons (Fsp3) is 0.667. The molecule has 3 aliphatic heterocycles. The maximum Gasteiger partial charge on any atom is 0.0755 e. The van der Waals surface area contributed by atoms with Crippen molar-refractivity contribution < 1.29 is 5.11 Å². The molecule has 0 saturated carbocycles. The lowest BCUT2D eigenvalue weighted by Gasteiger charge is -2.49. The SMILES string of the molecule is OC(Cc1cccs1)C1CN2CCN1CC2. The Kier molecular flexibility index (Phi) is 2.98. The highest BCUT2D eigenvalue weighted by Crippen LogP contribution is 2.21. The summed E-state index contributed by atoms with van der Waals surface area (Å²) in [6.45, 7) is 5.68. The maximum absolute atomic E-state index is 10.3. The molecule has 88 valence electrons. The van der Waals surface area contributed by atoms with Crippen LogP contribution in [0.4, 0.5) is 0 Å². The Hall–Kier alpha value is -0.420. The number of rotatable bonds is 3. The van der Waals surface area contributed by atoms with Crippen molar-refractivity contribution >= 4 is 11.3 Å². The third kappa shape index (κ3) is 2.02. The van der Waals surface area contributed by atoms with Crippen LogP contribution in [0.2, 0.25) is 0 Å². The van der Waals surface area contributed by atoms with Crippen LogP contribution in [-0.2, 0) is 6.42 Å². The second-order valence-corrected chi connectivity index (χ2v) is 5.79. The summed E-state index contributed by atoms with van der Waals surface area (Å²) in [6.07, 6.45) is 0.605. The van der Waals surface area contributed by atoms with Crippen LogP contribution in [0.5, 0.6) is 0 Å². The van der Waals surface area contributed by atoms with Crippen molar-refractivity contribution in [2.45, 2.75) is 18.6 Å². The molecule has 0 amide bonds. The fourth-order valence-corrected chi connectivity index (χ4v) is 3.55. The highest BCUT2D eigenvalue weighted by Gasteiger charge is 2.35. The summed E-state index contributed by atoms with van der Waals surface area (Å²) < 4.78 is 0. The van der Waals surface area contributed by atoms with E-state index in [4.69, 9.17) is 0 Å². The highest BCUT2D eigenvalue weighted by atomic mass is 32.1. The molecule has 3 saturated heterocycles. The Morgan fingerprint density at radius 2 is 2.19 bits per heavy atom. The lowest BCUT2D eigenvalue weighted by molar-refractivity contribution is -0.0451. The van der Waals surface area contributed by atoms with Gasteiger partial charge in [0.1, 0.15) is 0 Å². The van der Waals surface area contributed by atoms with Crippen molar-refractivity contribution in [2.75, 3.05) is 32.7 Å². The smallest absolute Gasteiger partial charge is 0.0755 e. The van der Waals surface area contributed by atoms with Crippen molar-refractivity contribution in [3.05, 3.63) is 22.4 Å². The van der Waals surface area contributed by atoms with Gasteiger partial charge in [0.15, 0.2) is 0 Å². The minimum Gasteiger partial charge on any atom is -0.391 e. The normalized spacial score (nSPS) is 35.2. The van der Waals surface area contributed by atoms with E-state index in [1.54, 1.807) is 11.3 Å². The minimum absolute atomic E-state index is 0.207. The summed E-state index contributed by atoms with van der Waals surface area (Å²) >= 11 is 1.74. The first-order valence-electron chi connectivity index (χ1n) is 6.00. The Morgan fingerprint density at radius 1 is 1.38 bits per heavy atom. The van der Waals surface area contributed by atoms with Crippen LogP contribution in [0, 0.1) is 0 Å². The standard InChI is InChI=1S/C12H18N2OS/c15-12(8-10-2-1-7-16-10)11-9-13-3-5-14(11)6-4-13/h1-2,7,11-12,15H,3-6,8-9H2. The Labute approximate surface area is 100 Å². The largest absolute Gasteiger partial charge is 0.391 e. The second-order valence-electron chi connectivity index (χ2n) is 4.75. The maximum atomic E-state index is 10.3. The van der Waals surface area contributed by atoms with Gasteiger partial charge in [0.2, 0.25) is 0 Å². The molecule has 1 N–H and O–H groups in total. The molecular formula is C12H18N2OS. The molecule has 4 rings (SSSR count). The molecule has 3 aliphatic rings. The summed E-state index contributed by atoms with van der Waals surface area (Å²) in [4.78, 5) is 6.23. The zero-order chi connectivity index (χ0) is 11.0. The van der Waals surface area contributed by atoms with E-state index in [1.807, 2.05) is 0 Å². The summed E-state index contributed by atoms with van der Waals surface area (Å²) in [5.74, 6) is 0. The van der Waals surface area contributed by atoms with Crippen LogP contribution in [0.1, 0.15) is 4.88 Å². The fourth-order valence-electron chi connectivity index (χ4n) is 2.79. The zero-order valence-corrected chi connectivity index (χ0v) is 10.2. The Bertz CT molecular complexity index is 333. The highest BCUT2D eigenvalue weighted by molar-refractivity contribution is 7.09. The van der Waals surface area contributed by atoms with Gasteiger partial charge in [0.05, 0.1) is 6.10 Å². The van der Waals surface area contributed by atoms with Crippen LogP contribution in [-0.4, -0.2) is 59.8 Å². The van der Waals surface area contributed by atoms with Gasteiger partial charge in [-0.05, 0) is 11.4 Å². The molecule has 4 heteroatoms. The van der Waals surface area contributed by atoms with Crippen molar-refractivity contribution in [2.24, 2.45) is 0 Å². The van der Waals surface area contributed by atoms with Crippen molar-refractivity contribution in [1.82, 2.24) is 9.80 Å². The topological polar surface area (TPSA) is 26.7 Å². The third-order valence-corrected chi connectivity index (χ3v) is 4.65. The molecule has 16 heavy (non-hydrogen) atoms. The van der Waals surface area contributed by atoms with Crippen LogP contribution < -0.4 is 0 Å². The lowest BCUT2D eigenvalue weighted by Crippen LogP contribution is -2.64. The van der Waals surface area contributed by atoms with Gasteiger partial charge in [0, 0.05) is 50.1 Å². The number of piperazine rings is 3. The average Bonchev–Trinajstić information content (AvgIpc) is 2.83. The number of hydrogen-bond acceptors (Lipinski definition) is 4. The summed E-state index contributed by atoms with van der Waals surface area (Å²) in [5.41, 5.74) is 0. The quantitative estimate of drug-likeness (QED) is 0.837. The molecule has 4 heterocycles. The Morgan fingerprint density at radius 3 is 2.75 bits per heavy atom. The van der Waals surface area contributed by atoms with Crippen LogP contribution in [0.15, 0.2) is 17.5 Å².